The molecule has 1 aromatic rings. The highest BCUT2D eigenvalue weighted by Gasteiger charge is 2.34. The van der Waals surface area contributed by atoms with E-state index in [4.69, 9.17) is 0 Å². The molecule has 6 nitrogen and oxygen atoms in total. The molecule has 0 radical (unpaired) electrons. The Morgan fingerprint density at radius 2 is 1.95 bits per heavy atom. The second-order valence-electron chi connectivity index (χ2n) is 6.51. The van der Waals surface area contributed by atoms with Crippen molar-refractivity contribution in [1.29, 1.82) is 0 Å². The number of carboxylic acid groups (broad SMARTS) is 1. The first kappa shape index (κ1) is 15.9. The van der Waals surface area contributed by atoms with Crippen LogP contribution in [0.5, 0.6) is 0 Å². The minimum absolute atomic E-state index is 0.256. The van der Waals surface area contributed by atoms with Crippen molar-refractivity contribution in [2.24, 2.45) is 5.92 Å². The Hall–Kier alpha value is -1.50. The van der Waals surface area contributed by atoms with E-state index in [-0.39, 0.29) is 17.4 Å². The third-order valence-corrected chi connectivity index (χ3v) is 4.53. The van der Waals surface area contributed by atoms with Gasteiger partial charge in [0.15, 0.2) is 0 Å². The number of amides is 1. The van der Waals surface area contributed by atoms with Gasteiger partial charge >= 0.3 is 5.97 Å². The van der Waals surface area contributed by atoms with Gasteiger partial charge in [-0.25, -0.2) is 0 Å². The number of rotatable bonds is 3. The molecule has 0 aliphatic heterocycles. The standard InChI is InChI=1S/C14H21N3O3S/c1-14(2,3)11-10(21-17-16-11)12(18)15-9-7-5-4-6-8(9)13(19)20/h8-9H,4-7H2,1-3H3,(H,15,18)(H,19,20). The highest BCUT2D eigenvalue weighted by Crippen LogP contribution is 2.28. The maximum absolute atomic E-state index is 12.4. The smallest absolute Gasteiger partial charge is 0.308 e. The van der Waals surface area contributed by atoms with E-state index in [1.54, 1.807) is 0 Å². The van der Waals surface area contributed by atoms with Gasteiger partial charge in [0.05, 0.1) is 11.6 Å². The number of nitrogens with one attached hydrogen (secondary N) is 1. The van der Waals surface area contributed by atoms with E-state index >= 15 is 0 Å². The summed E-state index contributed by atoms with van der Waals surface area (Å²) >= 11 is 1.06. The molecule has 2 N–H and O–H groups in total. The van der Waals surface area contributed by atoms with Gasteiger partial charge in [0.2, 0.25) is 0 Å². The van der Waals surface area contributed by atoms with Crippen LogP contribution < -0.4 is 5.32 Å². The van der Waals surface area contributed by atoms with Gasteiger partial charge in [0, 0.05) is 11.5 Å². The molecule has 7 heteroatoms. The molecule has 2 rings (SSSR count). The Kier molecular flexibility index (Phi) is 4.61. The summed E-state index contributed by atoms with van der Waals surface area (Å²) in [6.07, 6.45) is 3.17. The van der Waals surface area contributed by atoms with Gasteiger partial charge < -0.3 is 10.4 Å². The average Bonchev–Trinajstić information content (AvgIpc) is 2.88. The third-order valence-electron chi connectivity index (χ3n) is 3.80. The van der Waals surface area contributed by atoms with Crippen LogP contribution in [0.4, 0.5) is 0 Å². The number of aliphatic carboxylic acids is 1. The molecule has 1 aliphatic rings. The normalized spacial score (nSPS) is 22.8. The van der Waals surface area contributed by atoms with Crippen LogP contribution in [0.25, 0.3) is 0 Å². The zero-order valence-electron chi connectivity index (χ0n) is 12.5. The van der Waals surface area contributed by atoms with E-state index in [9.17, 15) is 14.7 Å². The lowest BCUT2D eigenvalue weighted by Gasteiger charge is -2.29. The largest absolute Gasteiger partial charge is 0.481 e. The van der Waals surface area contributed by atoms with Crippen molar-refractivity contribution in [3.05, 3.63) is 10.6 Å². The Morgan fingerprint density at radius 1 is 1.29 bits per heavy atom. The minimum atomic E-state index is -0.835. The molecular weight excluding hydrogens is 290 g/mol. The van der Waals surface area contributed by atoms with Gasteiger partial charge in [-0.1, -0.05) is 38.1 Å². The first-order chi connectivity index (χ1) is 9.80. The van der Waals surface area contributed by atoms with E-state index in [0.717, 1.165) is 24.4 Å². The van der Waals surface area contributed by atoms with Crippen LogP contribution in [0.3, 0.4) is 0 Å². The quantitative estimate of drug-likeness (QED) is 0.893. The summed E-state index contributed by atoms with van der Waals surface area (Å²) in [6.45, 7) is 5.92. The monoisotopic (exact) mass is 311 g/mol. The Balaban J connectivity index is 2.14. The molecule has 1 aliphatic carbocycles. The van der Waals surface area contributed by atoms with Crippen molar-refractivity contribution in [3.63, 3.8) is 0 Å². The van der Waals surface area contributed by atoms with Crippen LogP contribution in [0, 0.1) is 5.92 Å². The fourth-order valence-corrected chi connectivity index (χ4v) is 3.44. The maximum Gasteiger partial charge on any atom is 0.308 e. The fourth-order valence-electron chi connectivity index (χ4n) is 2.66. The lowest BCUT2D eigenvalue weighted by Crippen LogP contribution is -2.45. The second-order valence-corrected chi connectivity index (χ2v) is 7.26. The number of aromatic nitrogens is 2. The molecular formula is C14H21N3O3S. The van der Waals surface area contributed by atoms with Crippen molar-refractivity contribution < 1.29 is 14.7 Å². The van der Waals surface area contributed by atoms with Crippen LogP contribution >= 0.6 is 11.5 Å². The fraction of sp³-hybridized carbons (Fsp3) is 0.714. The summed E-state index contributed by atoms with van der Waals surface area (Å²) in [5, 5.41) is 16.2. The van der Waals surface area contributed by atoms with Gasteiger partial charge in [-0.2, -0.15) is 0 Å². The molecule has 116 valence electrons. The SMILES string of the molecule is CC(C)(C)c1nnsc1C(=O)NC1CCCCC1C(=O)O. The number of nitrogens with zero attached hydrogens (tertiary/aromatic N) is 2. The van der Waals surface area contributed by atoms with E-state index in [0.29, 0.717) is 23.4 Å². The van der Waals surface area contributed by atoms with Gasteiger partial charge in [-0.15, -0.1) is 5.10 Å². The zero-order chi connectivity index (χ0) is 15.6. The molecule has 21 heavy (non-hydrogen) atoms. The first-order valence-corrected chi connectivity index (χ1v) is 7.94. The molecule has 2 atom stereocenters. The van der Waals surface area contributed by atoms with Gasteiger partial charge in [-0.05, 0) is 24.4 Å². The Bertz CT molecular complexity index is 536. The highest BCUT2D eigenvalue weighted by molar-refractivity contribution is 7.08. The van der Waals surface area contributed by atoms with Crippen LogP contribution in [0.2, 0.25) is 0 Å². The van der Waals surface area contributed by atoms with Crippen LogP contribution in [-0.4, -0.2) is 32.6 Å². The number of hydrogen-bond acceptors (Lipinski definition) is 5. The van der Waals surface area contributed by atoms with E-state index in [1.165, 1.54) is 0 Å². The number of carbonyl (C=O) groups is 2. The molecule has 0 aromatic carbocycles. The predicted molar refractivity (Wildman–Crippen MR) is 79.5 cm³/mol. The molecule has 0 saturated heterocycles. The molecule has 1 amide bonds. The summed E-state index contributed by atoms with van der Waals surface area (Å²) in [6, 6.07) is -0.307. The lowest BCUT2D eigenvalue weighted by atomic mass is 9.84. The predicted octanol–water partition coefficient (Wildman–Crippen LogP) is 2.21. The van der Waals surface area contributed by atoms with E-state index in [1.807, 2.05) is 20.8 Å². The van der Waals surface area contributed by atoms with Crippen molar-refractivity contribution in [2.45, 2.75) is 57.9 Å². The Labute approximate surface area is 128 Å². The number of hydrogen-bond donors (Lipinski definition) is 2. The highest BCUT2D eigenvalue weighted by atomic mass is 32.1. The molecule has 1 fully saturated rings. The topological polar surface area (TPSA) is 92.2 Å². The lowest BCUT2D eigenvalue weighted by molar-refractivity contribution is -0.143. The summed E-state index contributed by atoms with van der Waals surface area (Å²) < 4.78 is 3.87. The number of carbonyl (C=O) groups excluding carboxylic acids is 1. The third kappa shape index (κ3) is 3.58. The number of carboxylic acids is 1. The second kappa shape index (κ2) is 6.09. The first-order valence-electron chi connectivity index (χ1n) is 7.17. The van der Waals surface area contributed by atoms with Gasteiger partial charge in [0.25, 0.3) is 5.91 Å². The average molecular weight is 311 g/mol. The molecule has 0 bridgehead atoms. The summed E-state index contributed by atoms with van der Waals surface area (Å²) in [5.74, 6) is -1.59. The molecule has 0 spiro atoms. The zero-order valence-corrected chi connectivity index (χ0v) is 13.4. The van der Waals surface area contributed by atoms with Crippen molar-refractivity contribution in [3.8, 4) is 0 Å². The minimum Gasteiger partial charge on any atom is -0.481 e. The van der Waals surface area contributed by atoms with Gasteiger partial charge in [0.1, 0.15) is 4.88 Å². The van der Waals surface area contributed by atoms with Crippen molar-refractivity contribution >= 4 is 23.4 Å². The molecule has 1 aromatic heterocycles. The molecule has 1 saturated carbocycles. The van der Waals surface area contributed by atoms with Crippen molar-refractivity contribution in [2.75, 3.05) is 0 Å². The van der Waals surface area contributed by atoms with E-state index < -0.39 is 11.9 Å². The molecule has 2 unspecified atom stereocenters. The van der Waals surface area contributed by atoms with Crippen LogP contribution in [0.1, 0.15) is 61.8 Å². The molecule has 1 heterocycles. The summed E-state index contributed by atoms with van der Waals surface area (Å²) in [5.41, 5.74) is 0.394. The Morgan fingerprint density at radius 3 is 2.57 bits per heavy atom. The van der Waals surface area contributed by atoms with Crippen LogP contribution in [-0.2, 0) is 10.2 Å². The summed E-state index contributed by atoms with van der Waals surface area (Å²) in [7, 11) is 0. The van der Waals surface area contributed by atoms with Gasteiger partial charge in [-0.3, -0.25) is 9.59 Å². The van der Waals surface area contributed by atoms with Crippen LogP contribution in [0.15, 0.2) is 0 Å². The van der Waals surface area contributed by atoms with E-state index in [2.05, 4.69) is 14.9 Å². The van der Waals surface area contributed by atoms with Crippen molar-refractivity contribution in [1.82, 2.24) is 14.9 Å². The summed E-state index contributed by atoms with van der Waals surface area (Å²) in [4.78, 5) is 24.2. The maximum atomic E-state index is 12.4.